The summed E-state index contributed by atoms with van der Waals surface area (Å²) in [6, 6.07) is 11.7. The van der Waals surface area contributed by atoms with Crippen LogP contribution in [0.15, 0.2) is 73.3 Å². The molecule has 0 aliphatic heterocycles. The highest BCUT2D eigenvalue weighted by Crippen LogP contribution is 2.30. The quantitative estimate of drug-likeness (QED) is 0.453. The summed E-state index contributed by atoms with van der Waals surface area (Å²) in [5.41, 5.74) is 0.857. The Labute approximate surface area is 186 Å². The predicted octanol–water partition coefficient (Wildman–Crippen LogP) is 4.82. The molecule has 0 atom stereocenters. The fourth-order valence-electron chi connectivity index (χ4n) is 3.12. The van der Waals surface area contributed by atoms with Crippen molar-refractivity contribution in [3.8, 4) is 11.4 Å². The number of hydrogen-bond acceptors (Lipinski definition) is 5. The maximum Gasteiger partial charge on any atom is 0.416 e. The van der Waals surface area contributed by atoms with Crippen LogP contribution in [0.5, 0.6) is 5.75 Å². The van der Waals surface area contributed by atoms with Crippen LogP contribution >= 0.6 is 0 Å². The van der Waals surface area contributed by atoms with Crippen LogP contribution in [-0.2, 0) is 12.8 Å². The molecule has 3 aromatic heterocycles. The van der Waals surface area contributed by atoms with Crippen LogP contribution in [0.2, 0.25) is 0 Å². The number of anilines is 1. The number of ether oxygens (including phenoxy) is 1. The second-order valence-corrected chi connectivity index (χ2v) is 7.05. The maximum absolute atomic E-state index is 13.1. The number of carbonyl (C=O) groups is 1. The summed E-state index contributed by atoms with van der Waals surface area (Å²) in [6.07, 6.45) is 1.62. The van der Waals surface area contributed by atoms with E-state index >= 15 is 0 Å². The van der Waals surface area contributed by atoms with Gasteiger partial charge in [-0.3, -0.25) is 9.78 Å². The van der Waals surface area contributed by atoms with Crippen LogP contribution < -0.4 is 10.1 Å². The zero-order valence-corrected chi connectivity index (χ0v) is 17.4. The SMILES string of the molecule is Cc1c(C(=O)Nc2ncccc2OCc2ccncc2)cnn1-c1cccc(C(F)(F)F)c1. The summed E-state index contributed by atoms with van der Waals surface area (Å²) < 4.78 is 46.2. The number of nitrogens with one attached hydrogen (secondary N) is 1. The second kappa shape index (κ2) is 9.11. The summed E-state index contributed by atoms with van der Waals surface area (Å²) in [4.78, 5) is 21.0. The number of hydrogen-bond donors (Lipinski definition) is 1. The van der Waals surface area contributed by atoms with E-state index < -0.39 is 17.6 Å². The smallest absolute Gasteiger partial charge is 0.416 e. The predicted molar refractivity (Wildman–Crippen MR) is 114 cm³/mol. The molecule has 0 bridgehead atoms. The van der Waals surface area contributed by atoms with Crippen molar-refractivity contribution in [2.24, 2.45) is 0 Å². The number of benzene rings is 1. The Hall–Kier alpha value is -4.21. The highest BCUT2D eigenvalue weighted by molar-refractivity contribution is 6.05. The number of alkyl halides is 3. The van der Waals surface area contributed by atoms with E-state index in [-0.39, 0.29) is 23.7 Å². The van der Waals surface area contributed by atoms with E-state index in [4.69, 9.17) is 4.74 Å². The minimum absolute atomic E-state index is 0.193. The van der Waals surface area contributed by atoms with Gasteiger partial charge in [0.1, 0.15) is 6.61 Å². The van der Waals surface area contributed by atoms with Gasteiger partial charge in [0.25, 0.3) is 5.91 Å². The van der Waals surface area contributed by atoms with Crippen molar-refractivity contribution in [3.63, 3.8) is 0 Å². The van der Waals surface area contributed by atoms with Gasteiger partial charge in [-0.05, 0) is 55.0 Å². The Kier molecular flexibility index (Phi) is 6.07. The number of pyridine rings is 2. The molecule has 4 aromatic rings. The highest BCUT2D eigenvalue weighted by atomic mass is 19.4. The summed E-state index contributed by atoms with van der Waals surface area (Å²) in [5.74, 6) is 0.0616. The fraction of sp³-hybridized carbons (Fsp3) is 0.130. The van der Waals surface area contributed by atoms with Gasteiger partial charge in [-0.2, -0.15) is 18.3 Å². The molecule has 0 fully saturated rings. The fourth-order valence-corrected chi connectivity index (χ4v) is 3.12. The van der Waals surface area contributed by atoms with E-state index in [0.717, 1.165) is 17.7 Å². The van der Waals surface area contributed by atoms with Crippen LogP contribution in [0, 0.1) is 6.92 Å². The molecule has 0 saturated heterocycles. The number of amides is 1. The molecule has 0 aliphatic rings. The molecular weight excluding hydrogens is 435 g/mol. The van der Waals surface area contributed by atoms with Crippen molar-refractivity contribution in [2.75, 3.05) is 5.32 Å². The van der Waals surface area contributed by atoms with Crippen molar-refractivity contribution in [1.29, 1.82) is 0 Å². The largest absolute Gasteiger partial charge is 0.485 e. The van der Waals surface area contributed by atoms with Gasteiger partial charge in [0, 0.05) is 18.6 Å². The maximum atomic E-state index is 13.1. The lowest BCUT2D eigenvalue weighted by Crippen LogP contribution is -2.15. The average molecular weight is 453 g/mol. The summed E-state index contributed by atoms with van der Waals surface area (Å²) in [6.45, 7) is 1.85. The summed E-state index contributed by atoms with van der Waals surface area (Å²) in [5, 5.41) is 6.78. The Bertz CT molecular complexity index is 1270. The van der Waals surface area contributed by atoms with Crippen molar-refractivity contribution in [2.45, 2.75) is 19.7 Å². The van der Waals surface area contributed by atoms with Crippen LogP contribution in [-0.4, -0.2) is 25.7 Å². The van der Waals surface area contributed by atoms with Gasteiger partial charge in [-0.25, -0.2) is 9.67 Å². The zero-order chi connectivity index (χ0) is 23.4. The van der Waals surface area contributed by atoms with E-state index in [1.54, 1.807) is 43.6 Å². The molecule has 33 heavy (non-hydrogen) atoms. The molecule has 0 spiro atoms. The lowest BCUT2D eigenvalue weighted by molar-refractivity contribution is -0.137. The zero-order valence-electron chi connectivity index (χ0n) is 17.4. The monoisotopic (exact) mass is 453 g/mol. The van der Waals surface area contributed by atoms with Gasteiger partial charge in [0.15, 0.2) is 11.6 Å². The van der Waals surface area contributed by atoms with Crippen molar-refractivity contribution >= 4 is 11.7 Å². The molecule has 0 unspecified atom stereocenters. The minimum atomic E-state index is -4.48. The molecule has 10 heteroatoms. The first-order valence-electron chi connectivity index (χ1n) is 9.83. The normalized spacial score (nSPS) is 11.3. The number of carbonyl (C=O) groups excluding carboxylic acids is 1. The standard InChI is InChI=1S/C23H18F3N5O2/c1-15-19(13-29-31(15)18-5-2-4-17(12-18)23(24,25)26)22(32)30-21-20(6-3-9-28-21)33-14-16-7-10-27-11-8-16/h2-13H,14H2,1H3,(H,28,30,32). The first-order valence-corrected chi connectivity index (χ1v) is 9.83. The third-order valence-electron chi connectivity index (χ3n) is 4.82. The van der Waals surface area contributed by atoms with E-state index in [1.165, 1.54) is 29.2 Å². The molecule has 1 aromatic carbocycles. The van der Waals surface area contributed by atoms with E-state index in [1.807, 2.05) is 0 Å². The number of nitrogens with zero attached hydrogens (tertiary/aromatic N) is 4. The first-order chi connectivity index (χ1) is 15.8. The van der Waals surface area contributed by atoms with Gasteiger partial charge < -0.3 is 10.1 Å². The lowest BCUT2D eigenvalue weighted by Gasteiger charge is -2.12. The van der Waals surface area contributed by atoms with E-state index in [0.29, 0.717) is 11.4 Å². The Morgan fingerprint density at radius 3 is 2.64 bits per heavy atom. The van der Waals surface area contributed by atoms with Gasteiger partial charge in [-0.15, -0.1) is 0 Å². The van der Waals surface area contributed by atoms with Crippen molar-refractivity contribution in [1.82, 2.24) is 19.7 Å². The summed E-state index contributed by atoms with van der Waals surface area (Å²) in [7, 11) is 0. The molecule has 0 aliphatic carbocycles. The minimum Gasteiger partial charge on any atom is -0.485 e. The third kappa shape index (κ3) is 5.00. The Morgan fingerprint density at radius 1 is 1.09 bits per heavy atom. The average Bonchev–Trinajstić information content (AvgIpc) is 3.20. The highest BCUT2D eigenvalue weighted by Gasteiger charge is 2.30. The Morgan fingerprint density at radius 2 is 1.88 bits per heavy atom. The Balaban J connectivity index is 1.53. The molecule has 168 valence electrons. The molecule has 0 saturated carbocycles. The van der Waals surface area contributed by atoms with Gasteiger partial charge in [0.05, 0.1) is 28.7 Å². The number of halogens is 3. The van der Waals surface area contributed by atoms with Crippen molar-refractivity contribution in [3.05, 3.63) is 95.7 Å². The van der Waals surface area contributed by atoms with E-state index in [9.17, 15) is 18.0 Å². The second-order valence-electron chi connectivity index (χ2n) is 7.05. The van der Waals surface area contributed by atoms with Gasteiger partial charge in [0.2, 0.25) is 0 Å². The van der Waals surface area contributed by atoms with Crippen LogP contribution in [0.25, 0.3) is 5.69 Å². The van der Waals surface area contributed by atoms with E-state index in [2.05, 4.69) is 20.4 Å². The first kappa shape index (κ1) is 22.0. The van der Waals surface area contributed by atoms with Crippen LogP contribution in [0.3, 0.4) is 0 Å². The number of rotatable bonds is 6. The summed E-state index contributed by atoms with van der Waals surface area (Å²) >= 11 is 0. The van der Waals surface area contributed by atoms with Crippen molar-refractivity contribution < 1.29 is 22.7 Å². The molecule has 7 nitrogen and oxygen atoms in total. The molecular formula is C23H18F3N5O2. The van der Waals surface area contributed by atoms with Crippen LogP contribution in [0.4, 0.5) is 19.0 Å². The molecule has 1 amide bonds. The lowest BCUT2D eigenvalue weighted by atomic mass is 10.2. The molecule has 4 rings (SSSR count). The van der Waals surface area contributed by atoms with Gasteiger partial charge >= 0.3 is 6.18 Å². The van der Waals surface area contributed by atoms with Crippen LogP contribution in [0.1, 0.15) is 27.2 Å². The molecule has 1 N–H and O–H groups in total. The number of aromatic nitrogens is 4. The third-order valence-corrected chi connectivity index (χ3v) is 4.82. The van der Waals surface area contributed by atoms with Gasteiger partial charge in [-0.1, -0.05) is 6.07 Å². The molecule has 3 heterocycles. The molecule has 0 radical (unpaired) electrons. The topological polar surface area (TPSA) is 81.9 Å².